The molecule has 1 heterocycles. The highest BCUT2D eigenvalue weighted by Crippen LogP contribution is 2.23. The second-order valence-corrected chi connectivity index (χ2v) is 5.92. The van der Waals surface area contributed by atoms with Crippen LogP contribution in [-0.2, 0) is 19.1 Å². The number of amides is 1. The molecule has 7 nitrogen and oxygen atoms in total. The van der Waals surface area contributed by atoms with Gasteiger partial charge >= 0.3 is 12.1 Å². The highest BCUT2D eigenvalue weighted by atomic mass is 16.6. The number of aliphatic hydroxyl groups excluding tert-OH is 1. The molecule has 0 bridgehead atoms. The number of carbonyl (C=O) groups is 3. The van der Waals surface area contributed by atoms with Crippen molar-refractivity contribution in [3.8, 4) is 0 Å². The first kappa shape index (κ1) is 17.4. The van der Waals surface area contributed by atoms with Gasteiger partial charge in [-0.05, 0) is 34.1 Å². The number of esters is 1. The summed E-state index contributed by atoms with van der Waals surface area (Å²) in [5, 5.41) is 9.90. The van der Waals surface area contributed by atoms with Crippen molar-refractivity contribution in [1.29, 1.82) is 0 Å². The molecule has 0 aromatic carbocycles. The largest absolute Gasteiger partial charge is 0.466 e. The Hall–Kier alpha value is -1.63. The maximum absolute atomic E-state index is 12.1. The van der Waals surface area contributed by atoms with Crippen LogP contribution < -0.4 is 0 Å². The molecule has 2 atom stereocenters. The van der Waals surface area contributed by atoms with Crippen molar-refractivity contribution >= 4 is 17.8 Å². The fourth-order valence-corrected chi connectivity index (χ4v) is 2.15. The molecule has 1 saturated heterocycles. The Bertz CT molecular complexity index is 414. The Labute approximate surface area is 124 Å². The van der Waals surface area contributed by atoms with E-state index in [2.05, 4.69) is 0 Å². The lowest BCUT2D eigenvalue weighted by Gasteiger charge is -2.28. The molecule has 0 radical (unpaired) electrons. The lowest BCUT2D eigenvalue weighted by molar-refractivity contribution is -0.146. The van der Waals surface area contributed by atoms with Crippen molar-refractivity contribution in [3.63, 3.8) is 0 Å². The van der Waals surface area contributed by atoms with Crippen molar-refractivity contribution in [2.75, 3.05) is 13.2 Å². The summed E-state index contributed by atoms with van der Waals surface area (Å²) in [5.74, 6) is -1.20. The summed E-state index contributed by atoms with van der Waals surface area (Å²) in [6.07, 6.45) is -1.84. The van der Waals surface area contributed by atoms with Gasteiger partial charge in [0.1, 0.15) is 18.1 Å². The minimum absolute atomic E-state index is 0.176. The first-order valence-electron chi connectivity index (χ1n) is 7.01. The third kappa shape index (κ3) is 5.00. The average molecular weight is 301 g/mol. The van der Waals surface area contributed by atoms with Crippen LogP contribution in [0.4, 0.5) is 4.79 Å². The molecule has 0 aromatic heterocycles. The number of hydrogen-bond acceptors (Lipinski definition) is 6. The lowest BCUT2D eigenvalue weighted by atomic mass is 10.1. The summed E-state index contributed by atoms with van der Waals surface area (Å²) in [6.45, 7) is 7.18. The SMILES string of the molecule is CCOC(=O)CC(=O)[C@@H]1[C@@H](O)CCN1C(=O)OC(C)(C)C. The van der Waals surface area contributed by atoms with Gasteiger partial charge in [-0.15, -0.1) is 0 Å². The van der Waals surface area contributed by atoms with Crippen LogP contribution in [0.25, 0.3) is 0 Å². The number of rotatable bonds is 4. The first-order valence-corrected chi connectivity index (χ1v) is 7.01. The van der Waals surface area contributed by atoms with Crippen molar-refractivity contribution in [2.24, 2.45) is 0 Å². The van der Waals surface area contributed by atoms with Crippen LogP contribution in [0.15, 0.2) is 0 Å². The highest BCUT2D eigenvalue weighted by molar-refractivity contribution is 6.00. The van der Waals surface area contributed by atoms with Gasteiger partial charge in [-0.25, -0.2) is 4.79 Å². The van der Waals surface area contributed by atoms with Gasteiger partial charge in [-0.1, -0.05) is 0 Å². The molecule has 0 unspecified atom stereocenters. The molecule has 1 aliphatic rings. The topological polar surface area (TPSA) is 93.1 Å². The fraction of sp³-hybridized carbons (Fsp3) is 0.786. The number of ether oxygens (including phenoxy) is 2. The van der Waals surface area contributed by atoms with Crippen LogP contribution in [0.3, 0.4) is 0 Å². The van der Waals surface area contributed by atoms with Crippen LogP contribution in [0.5, 0.6) is 0 Å². The van der Waals surface area contributed by atoms with E-state index in [-0.39, 0.29) is 19.6 Å². The summed E-state index contributed by atoms with van der Waals surface area (Å²) >= 11 is 0. The summed E-state index contributed by atoms with van der Waals surface area (Å²) < 4.78 is 9.92. The molecule has 1 amide bonds. The van der Waals surface area contributed by atoms with E-state index in [1.54, 1.807) is 27.7 Å². The molecule has 0 aliphatic carbocycles. The Balaban J connectivity index is 2.74. The third-order valence-electron chi connectivity index (χ3n) is 2.95. The standard InChI is InChI=1S/C14H23NO6/c1-5-20-11(18)8-10(17)12-9(16)6-7-15(12)13(19)21-14(2,3)4/h9,12,16H,5-8H2,1-4H3/t9-,12-/m0/s1. The summed E-state index contributed by atoms with van der Waals surface area (Å²) in [6, 6.07) is -1.05. The Morgan fingerprint density at radius 2 is 1.90 bits per heavy atom. The minimum Gasteiger partial charge on any atom is -0.466 e. The van der Waals surface area contributed by atoms with Crippen LogP contribution in [0.2, 0.25) is 0 Å². The monoisotopic (exact) mass is 301 g/mol. The normalized spacial score (nSPS) is 22.0. The predicted octanol–water partition coefficient (Wildman–Crippen LogP) is 0.879. The zero-order valence-corrected chi connectivity index (χ0v) is 12.9. The smallest absolute Gasteiger partial charge is 0.410 e. The molecular formula is C14H23NO6. The summed E-state index contributed by atoms with van der Waals surface area (Å²) in [7, 11) is 0. The zero-order valence-electron chi connectivity index (χ0n) is 12.9. The molecule has 1 rings (SSSR count). The third-order valence-corrected chi connectivity index (χ3v) is 2.95. The molecule has 1 aliphatic heterocycles. The summed E-state index contributed by atoms with van der Waals surface area (Å²) in [4.78, 5) is 36.7. The van der Waals surface area contributed by atoms with Gasteiger partial charge in [0.25, 0.3) is 0 Å². The Morgan fingerprint density at radius 1 is 1.29 bits per heavy atom. The Morgan fingerprint density at radius 3 is 2.43 bits per heavy atom. The molecule has 1 N–H and O–H groups in total. The van der Waals surface area contributed by atoms with E-state index in [1.165, 1.54) is 4.90 Å². The quantitative estimate of drug-likeness (QED) is 0.612. The van der Waals surface area contributed by atoms with E-state index < -0.39 is 42.0 Å². The van der Waals surface area contributed by atoms with Gasteiger partial charge in [-0.2, -0.15) is 0 Å². The molecule has 1 fully saturated rings. The first-order chi connectivity index (χ1) is 9.65. The van der Waals surface area contributed by atoms with E-state index in [1.807, 2.05) is 0 Å². The second kappa shape index (κ2) is 6.89. The van der Waals surface area contributed by atoms with Gasteiger partial charge in [0.05, 0.1) is 12.7 Å². The van der Waals surface area contributed by atoms with Crippen LogP contribution in [0, 0.1) is 0 Å². The van der Waals surface area contributed by atoms with Crippen molar-refractivity contribution in [2.45, 2.75) is 58.3 Å². The second-order valence-electron chi connectivity index (χ2n) is 5.92. The van der Waals surface area contributed by atoms with Crippen LogP contribution >= 0.6 is 0 Å². The number of likely N-dealkylation sites (tertiary alicyclic amines) is 1. The fourth-order valence-electron chi connectivity index (χ4n) is 2.15. The zero-order chi connectivity index (χ0) is 16.2. The van der Waals surface area contributed by atoms with E-state index in [9.17, 15) is 19.5 Å². The number of Topliss-reactive ketones (excluding diaryl/α,β-unsaturated/α-hetero) is 1. The average Bonchev–Trinajstić information content (AvgIpc) is 2.69. The van der Waals surface area contributed by atoms with Crippen molar-refractivity contribution in [3.05, 3.63) is 0 Å². The molecular weight excluding hydrogens is 278 g/mol. The molecule has 120 valence electrons. The van der Waals surface area contributed by atoms with Gasteiger partial charge in [0, 0.05) is 6.54 Å². The van der Waals surface area contributed by atoms with Gasteiger partial charge in [0.2, 0.25) is 0 Å². The molecule has 0 aromatic rings. The maximum Gasteiger partial charge on any atom is 0.410 e. The van der Waals surface area contributed by atoms with E-state index >= 15 is 0 Å². The van der Waals surface area contributed by atoms with Crippen molar-refractivity contribution < 1.29 is 29.0 Å². The Kier molecular flexibility index (Phi) is 5.71. The van der Waals surface area contributed by atoms with Crippen LogP contribution in [0.1, 0.15) is 40.5 Å². The number of aliphatic hydroxyl groups is 1. The van der Waals surface area contributed by atoms with Gasteiger partial charge in [0.15, 0.2) is 5.78 Å². The van der Waals surface area contributed by atoms with Gasteiger partial charge < -0.3 is 14.6 Å². The van der Waals surface area contributed by atoms with E-state index in [4.69, 9.17) is 9.47 Å². The molecule has 0 spiro atoms. The molecule has 7 heteroatoms. The predicted molar refractivity (Wildman–Crippen MR) is 73.6 cm³/mol. The highest BCUT2D eigenvalue weighted by Gasteiger charge is 2.42. The van der Waals surface area contributed by atoms with E-state index in [0.29, 0.717) is 0 Å². The molecule has 0 saturated carbocycles. The molecule has 21 heavy (non-hydrogen) atoms. The lowest BCUT2D eigenvalue weighted by Crippen LogP contribution is -2.47. The minimum atomic E-state index is -1.05. The van der Waals surface area contributed by atoms with Gasteiger partial charge in [-0.3, -0.25) is 14.5 Å². The summed E-state index contributed by atoms with van der Waals surface area (Å²) in [5.41, 5.74) is -0.695. The van der Waals surface area contributed by atoms with Crippen LogP contribution in [-0.4, -0.2) is 58.8 Å². The number of nitrogens with zero attached hydrogens (tertiary/aromatic N) is 1. The number of carbonyl (C=O) groups excluding carboxylic acids is 3. The maximum atomic E-state index is 12.1. The number of ketones is 1. The number of hydrogen-bond donors (Lipinski definition) is 1. The van der Waals surface area contributed by atoms with E-state index in [0.717, 1.165) is 0 Å². The van der Waals surface area contributed by atoms with Crippen molar-refractivity contribution in [1.82, 2.24) is 4.90 Å².